The molecular weight excluding hydrogens is 727 g/mol. The third-order valence-electron chi connectivity index (χ3n) is 10.3. The predicted octanol–water partition coefficient (Wildman–Crippen LogP) is 9.08. The van der Waals surface area contributed by atoms with Gasteiger partial charge >= 0.3 is 0 Å². The van der Waals surface area contributed by atoms with E-state index in [1.807, 2.05) is 34.4 Å². The largest absolute Gasteiger partial charge is 0.497 e. The number of aliphatic hydroxyl groups is 1. The topological polar surface area (TPSA) is 83.5 Å². The second kappa shape index (κ2) is 17.4. The number of aliphatic hydroxyl groups excluding tert-OH is 1. The van der Waals surface area contributed by atoms with E-state index >= 15 is 0 Å². The second-order valence-corrected chi connectivity index (χ2v) is 26.5. The molecule has 264 valence electrons. The Balaban J connectivity index is 2.19. The smallest absolute Gasteiger partial charge is 0.192 e. The lowest BCUT2D eigenvalue weighted by Crippen LogP contribution is -2.59. The van der Waals surface area contributed by atoms with Crippen molar-refractivity contribution >= 4 is 45.0 Å². The molecule has 0 spiro atoms. The zero-order valence-electron chi connectivity index (χ0n) is 30.8. The first-order valence-corrected chi connectivity index (χ1v) is 23.9. The molecule has 1 aliphatic heterocycles. The highest BCUT2D eigenvalue weighted by Crippen LogP contribution is 2.43. The lowest BCUT2D eigenvalue weighted by Gasteiger charge is -2.50. The average molecular weight is 791 g/mol. The summed E-state index contributed by atoms with van der Waals surface area (Å²) in [5.41, 5.74) is 1.05. The molecular formula is C36H63IO7Si2. The number of methoxy groups -OCH3 is 1. The summed E-state index contributed by atoms with van der Waals surface area (Å²) in [4.78, 5) is 13.6. The van der Waals surface area contributed by atoms with Gasteiger partial charge in [0.25, 0.3) is 0 Å². The van der Waals surface area contributed by atoms with E-state index in [2.05, 4.69) is 104 Å². The number of carbonyl (C=O) groups is 1. The maximum Gasteiger partial charge on any atom is 0.192 e. The predicted molar refractivity (Wildman–Crippen MR) is 202 cm³/mol. The van der Waals surface area contributed by atoms with Gasteiger partial charge in [-0.15, -0.1) is 0 Å². The van der Waals surface area contributed by atoms with Crippen LogP contribution < -0.4 is 4.74 Å². The fraction of sp³-hybridized carbons (Fsp3) is 0.750. The second-order valence-electron chi connectivity index (χ2n) is 16.2. The number of Topliss-reactive ketones (excluding diaryl/α,β-unsaturated/α-hetero) is 1. The SMILES string of the molecule is COc1ccc(COC(/C=C/I)C(C)CC(=O)CC(C)[C@@H]2O[C@H](CO)[C@H](O[Si](C)(C)C(C)(C)C)C[C@@H]2O[Si](C)(C)C(C)(C)C)cc1. The van der Waals surface area contributed by atoms with Crippen LogP contribution in [0.1, 0.15) is 80.2 Å². The molecule has 1 N–H and O–H groups in total. The third kappa shape index (κ3) is 11.8. The molecule has 1 fully saturated rings. The Bertz CT molecular complexity index is 1110. The van der Waals surface area contributed by atoms with Gasteiger partial charge in [-0.1, -0.05) is 90.1 Å². The van der Waals surface area contributed by atoms with Crippen molar-refractivity contribution in [2.24, 2.45) is 11.8 Å². The van der Waals surface area contributed by atoms with Crippen molar-refractivity contribution in [3.8, 4) is 5.75 Å². The summed E-state index contributed by atoms with van der Waals surface area (Å²) >= 11 is 2.20. The van der Waals surface area contributed by atoms with E-state index in [-0.39, 0.29) is 58.7 Å². The van der Waals surface area contributed by atoms with Crippen molar-refractivity contribution in [1.29, 1.82) is 0 Å². The molecule has 7 atom stereocenters. The van der Waals surface area contributed by atoms with E-state index < -0.39 is 22.7 Å². The number of hydrogen-bond acceptors (Lipinski definition) is 7. The van der Waals surface area contributed by atoms with Crippen LogP contribution >= 0.6 is 22.6 Å². The van der Waals surface area contributed by atoms with E-state index in [1.54, 1.807) is 7.11 Å². The fourth-order valence-corrected chi connectivity index (χ4v) is 8.44. The van der Waals surface area contributed by atoms with Crippen LogP contribution in [-0.2, 0) is 29.7 Å². The van der Waals surface area contributed by atoms with E-state index in [1.165, 1.54) is 0 Å². The highest BCUT2D eigenvalue weighted by atomic mass is 127. The van der Waals surface area contributed by atoms with E-state index in [4.69, 9.17) is 23.1 Å². The normalized spacial score (nSPS) is 23.7. The van der Waals surface area contributed by atoms with Crippen LogP contribution in [0.15, 0.2) is 34.4 Å². The number of rotatable bonds is 16. The maximum absolute atomic E-state index is 13.6. The summed E-state index contributed by atoms with van der Waals surface area (Å²) in [5, 5.41) is 10.5. The molecule has 0 aromatic heterocycles. The molecule has 1 aromatic rings. The van der Waals surface area contributed by atoms with Crippen LogP contribution in [0, 0.1) is 11.8 Å². The Kier molecular flexibility index (Phi) is 15.7. The molecule has 2 rings (SSSR count). The van der Waals surface area contributed by atoms with E-state index in [9.17, 15) is 9.90 Å². The van der Waals surface area contributed by atoms with E-state index in [0.717, 1.165) is 11.3 Å². The zero-order chi connectivity index (χ0) is 35.1. The molecule has 1 saturated heterocycles. The lowest BCUT2D eigenvalue weighted by atomic mass is 9.86. The highest BCUT2D eigenvalue weighted by molar-refractivity contribution is 14.1. The molecule has 1 aliphatic rings. The Morgan fingerprint density at radius 2 is 1.52 bits per heavy atom. The quantitative estimate of drug-likeness (QED) is 0.132. The van der Waals surface area contributed by atoms with Gasteiger partial charge in [-0.3, -0.25) is 4.79 Å². The number of ketones is 1. The first-order valence-electron chi connectivity index (χ1n) is 16.8. The van der Waals surface area contributed by atoms with Crippen LogP contribution in [0.2, 0.25) is 36.3 Å². The summed E-state index contributed by atoms with van der Waals surface area (Å²) in [5.74, 6) is 0.900. The Morgan fingerprint density at radius 1 is 0.978 bits per heavy atom. The molecule has 10 heteroatoms. The summed E-state index contributed by atoms with van der Waals surface area (Å²) in [6.07, 6.45) is 1.99. The van der Waals surface area contributed by atoms with Gasteiger partial charge in [-0.2, -0.15) is 0 Å². The minimum atomic E-state index is -2.17. The number of ether oxygens (including phenoxy) is 3. The van der Waals surface area contributed by atoms with Crippen molar-refractivity contribution in [3.05, 3.63) is 40.0 Å². The van der Waals surface area contributed by atoms with Crippen LogP contribution in [0.3, 0.4) is 0 Å². The Hall–Kier alpha value is -0.606. The maximum atomic E-state index is 13.6. The minimum Gasteiger partial charge on any atom is -0.497 e. The molecule has 0 saturated carbocycles. The van der Waals surface area contributed by atoms with Gasteiger partial charge in [0.15, 0.2) is 16.6 Å². The number of carbonyl (C=O) groups excluding carboxylic acids is 1. The van der Waals surface area contributed by atoms with Gasteiger partial charge in [0.1, 0.15) is 17.6 Å². The first-order chi connectivity index (χ1) is 21.2. The summed E-state index contributed by atoms with van der Waals surface area (Å²) < 4.78 is 34.1. The molecule has 3 unspecified atom stereocenters. The summed E-state index contributed by atoms with van der Waals surface area (Å²) in [7, 11) is -2.65. The van der Waals surface area contributed by atoms with Crippen LogP contribution in [-0.4, -0.2) is 71.8 Å². The van der Waals surface area contributed by atoms with Crippen molar-refractivity contribution in [3.63, 3.8) is 0 Å². The molecule has 0 aliphatic carbocycles. The van der Waals surface area contributed by atoms with Crippen LogP contribution in [0.25, 0.3) is 0 Å². The molecule has 1 aromatic carbocycles. The Morgan fingerprint density at radius 3 is 2.00 bits per heavy atom. The van der Waals surface area contributed by atoms with Crippen molar-refractivity contribution in [2.45, 2.75) is 148 Å². The van der Waals surface area contributed by atoms with Gasteiger partial charge in [0.2, 0.25) is 0 Å². The van der Waals surface area contributed by atoms with Crippen molar-refractivity contribution in [2.75, 3.05) is 13.7 Å². The third-order valence-corrected chi connectivity index (χ3v) is 19.8. The molecule has 0 amide bonds. The fourth-order valence-electron chi connectivity index (χ4n) is 5.33. The van der Waals surface area contributed by atoms with Gasteiger partial charge in [0, 0.05) is 19.3 Å². The Labute approximate surface area is 295 Å². The van der Waals surface area contributed by atoms with Crippen LogP contribution in [0.4, 0.5) is 0 Å². The lowest BCUT2D eigenvalue weighted by molar-refractivity contribution is -0.186. The first kappa shape index (κ1) is 41.6. The zero-order valence-corrected chi connectivity index (χ0v) is 35.0. The number of benzene rings is 1. The van der Waals surface area contributed by atoms with Crippen molar-refractivity contribution < 1.29 is 33.0 Å². The summed E-state index contributed by atoms with van der Waals surface area (Å²) in [6, 6.07) is 7.84. The minimum absolute atomic E-state index is 0.00285. The molecule has 46 heavy (non-hydrogen) atoms. The van der Waals surface area contributed by atoms with Gasteiger partial charge in [-0.05, 0) is 76.0 Å². The number of hydrogen-bond donors (Lipinski definition) is 1. The van der Waals surface area contributed by atoms with Gasteiger partial charge in [0.05, 0.1) is 44.7 Å². The van der Waals surface area contributed by atoms with E-state index in [0.29, 0.717) is 25.9 Å². The monoisotopic (exact) mass is 790 g/mol. The standard InChI is InChI=1S/C36H63IO7Si2/c1-25(30(18-19-37)41-24-27-14-16-29(40-9)17-15-27)20-28(39)21-26(2)34-32(44-46(12,13)36(6,7)8)22-31(33(23-38)42-34)43-45(10,11)35(3,4)5/h14-19,25-26,30-34,38H,20-24H2,1-13H3/b19-18+/t25?,26?,30?,31-,32+,33-,34+/m1/s1. The van der Waals surface area contributed by atoms with Gasteiger partial charge in [-0.25, -0.2) is 0 Å². The molecule has 0 bridgehead atoms. The number of halogens is 1. The van der Waals surface area contributed by atoms with Crippen molar-refractivity contribution in [1.82, 2.24) is 0 Å². The molecule has 0 radical (unpaired) electrons. The molecule has 1 heterocycles. The highest BCUT2D eigenvalue weighted by Gasteiger charge is 2.49. The van der Waals surface area contributed by atoms with Gasteiger partial charge < -0.3 is 28.2 Å². The summed E-state index contributed by atoms with van der Waals surface area (Å²) in [6.45, 7) is 26.9. The average Bonchev–Trinajstić information content (AvgIpc) is 2.93. The molecule has 7 nitrogen and oxygen atoms in total. The van der Waals surface area contributed by atoms with Crippen LogP contribution in [0.5, 0.6) is 5.75 Å².